The van der Waals surface area contributed by atoms with Gasteiger partial charge in [-0.1, -0.05) is 41.1 Å². The minimum absolute atomic E-state index is 0.0952. The average Bonchev–Trinajstić information content (AvgIpc) is 3.35. The molecule has 3 heterocycles. The molecule has 1 aromatic heterocycles. The van der Waals surface area contributed by atoms with E-state index in [1.165, 1.54) is 22.9 Å². The molecule has 7 nitrogen and oxygen atoms in total. The van der Waals surface area contributed by atoms with Crippen molar-refractivity contribution in [1.29, 1.82) is 0 Å². The zero-order valence-electron chi connectivity index (χ0n) is 17.4. The minimum atomic E-state index is 0.0952. The molecule has 1 amide bonds. The highest BCUT2D eigenvalue weighted by Crippen LogP contribution is 2.45. The Morgan fingerprint density at radius 3 is 2.84 bits per heavy atom. The highest BCUT2D eigenvalue weighted by molar-refractivity contribution is 7.99. The molecule has 9 heteroatoms. The number of carbonyl (C=O) groups is 1. The molecule has 160 valence electrons. The summed E-state index contributed by atoms with van der Waals surface area (Å²) in [5.74, 6) is 0.736. The van der Waals surface area contributed by atoms with Gasteiger partial charge in [0.2, 0.25) is 11.1 Å². The van der Waals surface area contributed by atoms with E-state index in [2.05, 4.69) is 52.6 Å². The lowest BCUT2D eigenvalue weighted by Gasteiger charge is -2.36. The van der Waals surface area contributed by atoms with Crippen molar-refractivity contribution in [2.24, 2.45) is 0 Å². The molecule has 0 spiro atoms. The quantitative estimate of drug-likeness (QED) is 0.561. The summed E-state index contributed by atoms with van der Waals surface area (Å²) in [5.41, 5.74) is 4.39. The lowest BCUT2D eigenvalue weighted by molar-refractivity contribution is -0.116. The first-order valence-corrected chi connectivity index (χ1v) is 11.7. The molecule has 2 aliphatic rings. The van der Waals surface area contributed by atoms with Gasteiger partial charge in [-0.3, -0.25) is 4.79 Å². The summed E-state index contributed by atoms with van der Waals surface area (Å²) in [5, 5.41) is 13.2. The molecular formula is C22H23ClN6OS. The number of benzene rings is 2. The van der Waals surface area contributed by atoms with Gasteiger partial charge in [-0.25, -0.2) is 0 Å². The van der Waals surface area contributed by atoms with Crippen LogP contribution in [0.15, 0.2) is 47.6 Å². The number of rotatable bonds is 4. The number of likely N-dealkylation sites (N-methyl/N-ethyl adjacent to an activating group) is 1. The number of anilines is 1. The molecule has 31 heavy (non-hydrogen) atoms. The van der Waals surface area contributed by atoms with E-state index in [0.717, 1.165) is 30.9 Å². The summed E-state index contributed by atoms with van der Waals surface area (Å²) in [6, 6.07) is 13.9. The second kappa shape index (κ2) is 8.26. The molecule has 0 bridgehead atoms. The van der Waals surface area contributed by atoms with Crippen molar-refractivity contribution in [3.8, 4) is 5.69 Å². The van der Waals surface area contributed by atoms with Crippen LogP contribution in [0.5, 0.6) is 0 Å². The Hall–Kier alpha value is -2.42. The number of piperidine rings is 1. The fourth-order valence-corrected chi connectivity index (χ4v) is 5.49. The first-order chi connectivity index (χ1) is 15.0. The molecule has 1 fully saturated rings. The number of amides is 1. The van der Waals surface area contributed by atoms with Gasteiger partial charge in [0.1, 0.15) is 0 Å². The number of likely N-dealkylation sites (tertiary alicyclic amines) is 1. The van der Waals surface area contributed by atoms with Crippen LogP contribution in [0.25, 0.3) is 5.69 Å². The Morgan fingerprint density at radius 2 is 2.03 bits per heavy atom. The van der Waals surface area contributed by atoms with Crippen molar-refractivity contribution in [1.82, 2.24) is 25.1 Å². The molecule has 2 atom stereocenters. The van der Waals surface area contributed by atoms with Crippen LogP contribution in [0.4, 0.5) is 5.69 Å². The Kier molecular flexibility index (Phi) is 5.45. The number of nitrogens with zero attached hydrogens (tertiary/aromatic N) is 6. The predicted molar refractivity (Wildman–Crippen MR) is 122 cm³/mol. The van der Waals surface area contributed by atoms with Gasteiger partial charge in [-0.05, 0) is 73.3 Å². The van der Waals surface area contributed by atoms with Crippen LogP contribution in [0.2, 0.25) is 5.02 Å². The van der Waals surface area contributed by atoms with E-state index in [-0.39, 0.29) is 17.7 Å². The van der Waals surface area contributed by atoms with Gasteiger partial charge in [0.05, 0.1) is 11.4 Å². The second-order valence-electron chi connectivity index (χ2n) is 8.19. The predicted octanol–water partition coefficient (Wildman–Crippen LogP) is 3.55. The number of aryl methyl sites for hydroxylation is 1. The molecule has 2 aliphatic heterocycles. The van der Waals surface area contributed by atoms with Crippen molar-refractivity contribution < 1.29 is 4.79 Å². The van der Waals surface area contributed by atoms with Crippen LogP contribution in [-0.2, 0) is 4.79 Å². The number of hydrogen-bond acceptors (Lipinski definition) is 6. The standard InChI is InChI=1S/C22H23ClN6OS/c1-14-3-8-19-17(11-14)18-12-27(2)10-9-20(18)28(19)21(30)13-31-22-24-25-26-29(22)16-6-4-15(23)5-7-16/h3-8,11,18,20H,9-10,12-13H2,1-2H3/t18-,20-/m1/s1. The van der Waals surface area contributed by atoms with Gasteiger partial charge in [0.25, 0.3) is 0 Å². The zero-order valence-corrected chi connectivity index (χ0v) is 19.0. The molecule has 3 aromatic rings. The van der Waals surface area contributed by atoms with Crippen molar-refractivity contribution in [3.63, 3.8) is 0 Å². The van der Waals surface area contributed by atoms with Crippen molar-refractivity contribution in [2.75, 3.05) is 30.8 Å². The van der Waals surface area contributed by atoms with Gasteiger partial charge in [-0.2, -0.15) is 4.68 Å². The smallest absolute Gasteiger partial charge is 0.237 e. The van der Waals surface area contributed by atoms with E-state index in [1.807, 2.05) is 17.0 Å². The Bertz CT molecular complexity index is 1120. The lowest BCUT2D eigenvalue weighted by Crippen LogP contribution is -2.47. The van der Waals surface area contributed by atoms with Crippen LogP contribution in [-0.4, -0.2) is 62.9 Å². The van der Waals surface area contributed by atoms with Gasteiger partial charge in [0.15, 0.2) is 0 Å². The summed E-state index contributed by atoms with van der Waals surface area (Å²) < 4.78 is 1.63. The molecule has 1 saturated heterocycles. The first-order valence-electron chi connectivity index (χ1n) is 10.3. The Balaban J connectivity index is 1.37. The van der Waals surface area contributed by atoms with E-state index >= 15 is 0 Å². The Labute approximate surface area is 190 Å². The number of aromatic nitrogens is 4. The number of fused-ring (bicyclic) bond motifs is 3. The second-order valence-corrected chi connectivity index (χ2v) is 9.57. The maximum absolute atomic E-state index is 13.4. The van der Waals surface area contributed by atoms with Crippen LogP contribution in [0.1, 0.15) is 23.5 Å². The highest BCUT2D eigenvalue weighted by atomic mass is 35.5. The third-order valence-corrected chi connectivity index (χ3v) is 7.21. The summed E-state index contributed by atoms with van der Waals surface area (Å²) in [6.07, 6.45) is 0.980. The summed E-state index contributed by atoms with van der Waals surface area (Å²) in [4.78, 5) is 17.8. The maximum atomic E-state index is 13.4. The molecule has 0 saturated carbocycles. The zero-order chi connectivity index (χ0) is 21.5. The SMILES string of the molecule is Cc1ccc2c(c1)[C@H]1CN(C)CC[C@H]1N2C(=O)CSc1nnnn1-c1ccc(Cl)cc1. The number of thioether (sulfide) groups is 1. The summed E-state index contributed by atoms with van der Waals surface area (Å²) in [7, 11) is 2.16. The van der Waals surface area contributed by atoms with Crippen LogP contribution < -0.4 is 4.90 Å². The molecular weight excluding hydrogens is 432 g/mol. The fourth-order valence-electron chi connectivity index (χ4n) is 4.61. The topological polar surface area (TPSA) is 67.2 Å². The van der Waals surface area contributed by atoms with Crippen molar-refractivity contribution in [2.45, 2.75) is 30.5 Å². The van der Waals surface area contributed by atoms with Crippen molar-refractivity contribution >= 4 is 35.0 Å². The summed E-state index contributed by atoms with van der Waals surface area (Å²) >= 11 is 7.34. The number of halogens is 1. The van der Waals surface area contributed by atoms with E-state index in [1.54, 1.807) is 16.8 Å². The molecule has 5 rings (SSSR count). The molecule has 0 unspecified atom stereocenters. The van der Waals surface area contributed by atoms with Crippen LogP contribution in [0.3, 0.4) is 0 Å². The van der Waals surface area contributed by atoms with Crippen LogP contribution >= 0.6 is 23.4 Å². The largest absolute Gasteiger partial charge is 0.308 e. The van der Waals surface area contributed by atoms with E-state index in [9.17, 15) is 4.79 Å². The number of hydrogen-bond donors (Lipinski definition) is 0. The van der Waals surface area contributed by atoms with Gasteiger partial charge < -0.3 is 9.80 Å². The van der Waals surface area contributed by atoms with Gasteiger partial charge in [0, 0.05) is 29.2 Å². The molecule has 0 radical (unpaired) electrons. The van der Waals surface area contributed by atoms with Gasteiger partial charge in [-0.15, -0.1) is 5.10 Å². The maximum Gasteiger partial charge on any atom is 0.237 e. The summed E-state index contributed by atoms with van der Waals surface area (Å²) in [6.45, 7) is 4.09. The van der Waals surface area contributed by atoms with E-state index in [4.69, 9.17) is 11.6 Å². The molecule has 0 aliphatic carbocycles. The number of carbonyl (C=O) groups excluding carboxylic acids is 1. The monoisotopic (exact) mass is 454 g/mol. The Morgan fingerprint density at radius 1 is 1.23 bits per heavy atom. The van der Waals surface area contributed by atoms with E-state index in [0.29, 0.717) is 16.1 Å². The highest BCUT2D eigenvalue weighted by Gasteiger charge is 2.43. The van der Waals surface area contributed by atoms with Gasteiger partial charge >= 0.3 is 0 Å². The third kappa shape index (κ3) is 3.84. The number of tetrazole rings is 1. The molecule has 2 aromatic carbocycles. The van der Waals surface area contributed by atoms with Crippen molar-refractivity contribution in [3.05, 3.63) is 58.6 Å². The van der Waals surface area contributed by atoms with Crippen LogP contribution in [0, 0.1) is 6.92 Å². The van der Waals surface area contributed by atoms with E-state index < -0.39 is 0 Å². The minimum Gasteiger partial charge on any atom is -0.308 e. The normalized spacial score (nSPS) is 20.5. The molecule has 0 N–H and O–H groups in total. The third-order valence-electron chi connectivity index (χ3n) is 6.06. The lowest BCUT2D eigenvalue weighted by atomic mass is 9.89. The average molecular weight is 455 g/mol. The first kappa shape index (κ1) is 20.5. The fraction of sp³-hybridized carbons (Fsp3) is 0.364.